The van der Waals surface area contributed by atoms with E-state index in [9.17, 15) is 14.0 Å². The molecule has 5 nitrogen and oxygen atoms in total. The number of carbonyl (C=O) groups excluding carboxylic acids is 1. The molecular formula is C12H11BrFNO4. The standard InChI is InChI=1S/C12H11BrFNO4/c13-6-1-2-7(14)8(5-6)15-11(16)9-3-4-10(19-9)12(17)18/h1-2,5,9-10H,3-4H2,(H,15,16)(H,17,18). The maximum atomic E-state index is 13.5. The number of hydrogen-bond donors (Lipinski definition) is 2. The highest BCUT2D eigenvalue weighted by atomic mass is 79.9. The van der Waals surface area contributed by atoms with Crippen molar-refractivity contribution in [1.29, 1.82) is 0 Å². The van der Waals surface area contributed by atoms with Crippen LogP contribution < -0.4 is 5.32 Å². The molecule has 0 saturated carbocycles. The summed E-state index contributed by atoms with van der Waals surface area (Å²) in [7, 11) is 0. The van der Waals surface area contributed by atoms with Crippen LogP contribution in [0.2, 0.25) is 0 Å². The fraction of sp³-hybridized carbons (Fsp3) is 0.333. The van der Waals surface area contributed by atoms with E-state index in [0.717, 1.165) is 0 Å². The van der Waals surface area contributed by atoms with Crippen LogP contribution in [0.15, 0.2) is 22.7 Å². The van der Waals surface area contributed by atoms with Crippen molar-refractivity contribution >= 4 is 33.5 Å². The van der Waals surface area contributed by atoms with Gasteiger partial charge in [0.15, 0.2) is 6.10 Å². The number of amides is 1. The van der Waals surface area contributed by atoms with Gasteiger partial charge in [0, 0.05) is 4.47 Å². The summed E-state index contributed by atoms with van der Waals surface area (Å²) < 4.78 is 19.2. The Morgan fingerprint density at radius 2 is 2.05 bits per heavy atom. The van der Waals surface area contributed by atoms with Crippen molar-refractivity contribution in [2.75, 3.05) is 5.32 Å². The zero-order valence-electron chi connectivity index (χ0n) is 9.73. The number of nitrogens with one attached hydrogen (secondary N) is 1. The van der Waals surface area contributed by atoms with Gasteiger partial charge in [-0.15, -0.1) is 0 Å². The van der Waals surface area contributed by atoms with Crippen LogP contribution >= 0.6 is 15.9 Å². The first kappa shape index (κ1) is 14.0. The van der Waals surface area contributed by atoms with E-state index in [4.69, 9.17) is 9.84 Å². The molecule has 1 aliphatic rings. The summed E-state index contributed by atoms with van der Waals surface area (Å²) in [5.74, 6) is -2.20. The number of aliphatic carboxylic acids is 1. The van der Waals surface area contributed by atoms with Crippen LogP contribution in [0.3, 0.4) is 0 Å². The number of carboxylic acids is 1. The minimum absolute atomic E-state index is 0.0294. The van der Waals surface area contributed by atoms with E-state index in [-0.39, 0.29) is 12.1 Å². The van der Waals surface area contributed by atoms with Gasteiger partial charge < -0.3 is 15.2 Å². The summed E-state index contributed by atoms with van der Waals surface area (Å²) in [6.45, 7) is 0. The maximum Gasteiger partial charge on any atom is 0.332 e. The molecule has 0 spiro atoms. The SMILES string of the molecule is O=C(O)C1CCC(C(=O)Nc2cc(Br)ccc2F)O1. The van der Waals surface area contributed by atoms with Crippen molar-refractivity contribution in [2.24, 2.45) is 0 Å². The van der Waals surface area contributed by atoms with E-state index in [2.05, 4.69) is 21.2 Å². The van der Waals surface area contributed by atoms with Crippen molar-refractivity contribution in [1.82, 2.24) is 0 Å². The lowest BCUT2D eigenvalue weighted by atomic mass is 10.2. The van der Waals surface area contributed by atoms with Gasteiger partial charge in [-0.25, -0.2) is 9.18 Å². The topological polar surface area (TPSA) is 75.6 Å². The van der Waals surface area contributed by atoms with Gasteiger partial charge >= 0.3 is 5.97 Å². The fourth-order valence-electron chi connectivity index (χ4n) is 1.82. The zero-order valence-corrected chi connectivity index (χ0v) is 11.3. The van der Waals surface area contributed by atoms with Crippen LogP contribution in [0.1, 0.15) is 12.8 Å². The second-order valence-corrected chi connectivity index (χ2v) is 5.06. The van der Waals surface area contributed by atoms with Gasteiger partial charge in [0.2, 0.25) is 0 Å². The molecule has 102 valence electrons. The molecule has 1 amide bonds. The van der Waals surface area contributed by atoms with E-state index in [0.29, 0.717) is 10.9 Å². The van der Waals surface area contributed by atoms with E-state index >= 15 is 0 Å². The first-order valence-electron chi connectivity index (χ1n) is 5.61. The Kier molecular flexibility index (Phi) is 4.16. The molecule has 1 heterocycles. The zero-order chi connectivity index (χ0) is 14.0. The lowest BCUT2D eigenvalue weighted by Gasteiger charge is -2.12. The molecule has 1 aromatic rings. The van der Waals surface area contributed by atoms with Gasteiger partial charge in [0.25, 0.3) is 5.91 Å². The Balaban J connectivity index is 2.02. The second-order valence-electron chi connectivity index (χ2n) is 4.14. The average Bonchev–Trinajstić information content (AvgIpc) is 2.83. The van der Waals surface area contributed by atoms with E-state index in [1.54, 1.807) is 0 Å². The molecule has 1 aliphatic heterocycles. The third kappa shape index (κ3) is 3.30. The minimum atomic E-state index is -1.09. The Morgan fingerprint density at radius 3 is 2.68 bits per heavy atom. The highest BCUT2D eigenvalue weighted by Gasteiger charge is 2.34. The van der Waals surface area contributed by atoms with Gasteiger partial charge in [-0.3, -0.25) is 4.79 Å². The smallest absolute Gasteiger partial charge is 0.332 e. The molecule has 0 aliphatic carbocycles. The van der Waals surface area contributed by atoms with Crippen LogP contribution in [-0.2, 0) is 14.3 Å². The first-order valence-corrected chi connectivity index (χ1v) is 6.41. The van der Waals surface area contributed by atoms with E-state index < -0.39 is 29.9 Å². The lowest BCUT2D eigenvalue weighted by Crippen LogP contribution is -2.30. The molecule has 7 heteroatoms. The maximum absolute atomic E-state index is 13.5. The Hall–Kier alpha value is -1.47. The van der Waals surface area contributed by atoms with Crippen LogP contribution in [0, 0.1) is 5.82 Å². The average molecular weight is 332 g/mol. The van der Waals surface area contributed by atoms with Gasteiger partial charge in [-0.2, -0.15) is 0 Å². The number of hydrogen-bond acceptors (Lipinski definition) is 3. The molecule has 1 saturated heterocycles. The molecule has 0 aromatic heterocycles. The Labute approximate surface area is 116 Å². The molecule has 19 heavy (non-hydrogen) atoms. The molecule has 2 unspecified atom stereocenters. The molecule has 1 aromatic carbocycles. The van der Waals surface area contributed by atoms with Gasteiger partial charge in [-0.1, -0.05) is 15.9 Å². The second kappa shape index (κ2) is 5.66. The first-order chi connectivity index (χ1) is 8.97. The van der Waals surface area contributed by atoms with E-state index in [1.165, 1.54) is 18.2 Å². The highest BCUT2D eigenvalue weighted by Crippen LogP contribution is 2.24. The van der Waals surface area contributed by atoms with Crippen molar-refractivity contribution in [3.8, 4) is 0 Å². The molecule has 0 radical (unpaired) electrons. The molecule has 2 rings (SSSR count). The summed E-state index contributed by atoms with van der Waals surface area (Å²) in [5, 5.41) is 11.2. The van der Waals surface area contributed by atoms with Gasteiger partial charge in [0.1, 0.15) is 11.9 Å². The quantitative estimate of drug-likeness (QED) is 0.889. The van der Waals surface area contributed by atoms with Crippen molar-refractivity contribution in [3.63, 3.8) is 0 Å². The molecule has 2 N–H and O–H groups in total. The Bertz CT molecular complexity index is 522. The van der Waals surface area contributed by atoms with Crippen molar-refractivity contribution < 1.29 is 23.8 Å². The van der Waals surface area contributed by atoms with Crippen molar-refractivity contribution in [3.05, 3.63) is 28.5 Å². The summed E-state index contributed by atoms with van der Waals surface area (Å²) >= 11 is 3.17. The third-order valence-corrected chi connectivity index (χ3v) is 3.27. The number of halogens is 2. The summed E-state index contributed by atoms with van der Waals surface area (Å²) in [6.07, 6.45) is -1.25. The van der Waals surface area contributed by atoms with Crippen LogP contribution in [-0.4, -0.2) is 29.2 Å². The lowest BCUT2D eigenvalue weighted by molar-refractivity contribution is -0.150. The third-order valence-electron chi connectivity index (χ3n) is 2.77. The summed E-state index contributed by atoms with van der Waals surface area (Å²) in [4.78, 5) is 22.5. The fourth-order valence-corrected chi connectivity index (χ4v) is 2.18. The minimum Gasteiger partial charge on any atom is -0.479 e. The number of rotatable bonds is 3. The van der Waals surface area contributed by atoms with E-state index in [1.807, 2.05) is 0 Å². The van der Waals surface area contributed by atoms with Crippen molar-refractivity contribution in [2.45, 2.75) is 25.0 Å². The predicted molar refractivity (Wildman–Crippen MR) is 68.3 cm³/mol. The number of ether oxygens (including phenoxy) is 1. The Morgan fingerprint density at radius 1 is 1.37 bits per heavy atom. The molecular weight excluding hydrogens is 321 g/mol. The monoisotopic (exact) mass is 331 g/mol. The molecule has 2 atom stereocenters. The summed E-state index contributed by atoms with van der Waals surface area (Å²) in [6, 6.07) is 4.16. The largest absolute Gasteiger partial charge is 0.479 e. The van der Waals surface area contributed by atoms with Crippen LogP contribution in [0.25, 0.3) is 0 Å². The number of carbonyl (C=O) groups is 2. The number of carboxylic acid groups (broad SMARTS) is 1. The normalized spacial score (nSPS) is 22.2. The highest BCUT2D eigenvalue weighted by molar-refractivity contribution is 9.10. The summed E-state index contributed by atoms with van der Waals surface area (Å²) in [5.41, 5.74) is 0.0294. The van der Waals surface area contributed by atoms with Crippen LogP contribution in [0.5, 0.6) is 0 Å². The van der Waals surface area contributed by atoms with Crippen LogP contribution in [0.4, 0.5) is 10.1 Å². The molecule has 1 fully saturated rings. The predicted octanol–water partition coefficient (Wildman–Crippen LogP) is 2.16. The van der Waals surface area contributed by atoms with Gasteiger partial charge in [-0.05, 0) is 31.0 Å². The molecule has 0 bridgehead atoms. The van der Waals surface area contributed by atoms with Gasteiger partial charge in [0.05, 0.1) is 5.69 Å². The number of benzene rings is 1. The number of anilines is 1.